The molecule has 0 radical (unpaired) electrons. The number of carbonyl (C=O) groups excluding carboxylic acids is 2. The van der Waals surface area contributed by atoms with Gasteiger partial charge in [0.1, 0.15) is 0 Å². The van der Waals surface area contributed by atoms with Gasteiger partial charge in [0.25, 0.3) is 5.91 Å². The van der Waals surface area contributed by atoms with Gasteiger partial charge in [-0.2, -0.15) is 0 Å². The molecular formula is C27H31N3O2S. The highest BCUT2D eigenvalue weighted by Gasteiger charge is 2.54. The van der Waals surface area contributed by atoms with Crippen LogP contribution in [0.3, 0.4) is 0 Å². The zero-order valence-electron chi connectivity index (χ0n) is 19.0. The van der Waals surface area contributed by atoms with E-state index in [2.05, 4.69) is 16.0 Å². The Morgan fingerprint density at radius 3 is 2.12 bits per heavy atom. The standard InChI is InChI=1S/C27H31N3O2S/c1-17(21-7-3-2-4-8-21)28-24(31)22-9-5-6-10-23(22)29-26(33)30-25(32)27-14-18-11-19(15-27)13-20(12-18)16-27/h2-10,17-20H,11-16H2,1H3,(H,28,31)(H2,29,30,32,33). The van der Waals surface area contributed by atoms with E-state index in [1.807, 2.05) is 55.5 Å². The molecule has 1 unspecified atom stereocenters. The van der Waals surface area contributed by atoms with Crippen molar-refractivity contribution in [1.29, 1.82) is 0 Å². The first kappa shape index (κ1) is 22.1. The fourth-order valence-corrected chi connectivity index (χ4v) is 6.87. The minimum Gasteiger partial charge on any atom is -0.345 e. The van der Waals surface area contributed by atoms with E-state index >= 15 is 0 Å². The summed E-state index contributed by atoms with van der Waals surface area (Å²) in [7, 11) is 0. The van der Waals surface area contributed by atoms with Crippen LogP contribution in [-0.2, 0) is 4.79 Å². The van der Waals surface area contributed by atoms with Gasteiger partial charge < -0.3 is 16.0 Å². The van der Waals surface area contributed by atoms with Gasteiger partial charge in [-0.25, -0.2) is 0 Å². The molecule has 4 saturated carbocycles. The van der Waals surface area contributed by atoms with Crippen LogP contribution in [0.15, 0.2) is 54.6 Å². The van der Waals surface area contributed by atoms with Gasteiger partial charge in [0, 0.05) is 0 Å². The summed E-state index contributed by atoms with van der Waals surface area (Å²) in [6.45, 7) is 1.96. The van der Waals surface area contributed by atoms with Crippen molar-refractivity contribution in [2.45, 2.75) is 51.5 Å². The lowest BCUT2D eigenvalue weighted by atomic mass is 9.49. The summed E-state index contributed by atoms with van der Waals surface area (Å²) in [5.74, 6) is 1.95. The maximum absolute atomic E-state index is 13.3. The van der Waals surface area contributed by atoms with Gasteiger partial charge in [-0.1, -0.05) is 42.5 Å². The van der Waals surface area contributed by atoms with E-state index in [0.29, 0.717) is 29.0 Å². The fourth-order valence-electron chi connectivity index (χ4n) is 6.67. The summed E-state index contributed by atoms with van der Waals surface area (Å²) in [5, 5.41) is 9.38. The first-order valence-corrected chi connectivity index (χ1v) is 12.4. The Kier molecular flexibility index (Phi) is 5.95. The SMILES string of the molecule is CC(NC(=O)c1ccccc1NC(=S)NC(=O)C12CC3CC(CC(C3)C1)C2)c1ccccc1. The first-order valence-electron chi connectivity index (χ1n) is 12.0. The van der Waals surface area contributed by atoms with Crippen LogP contribution in [0.25, 0.3) is 0 Å². The molecule has 4 aliphatic carbocycles. The van der Waals surface area contributed by atoms with Crippen LogP contribution >= 0.6 is 12.2 Å². The van der Waals surface area contributed by atoms with Crippen LogP contribution in [0.5, 0.6) is 0 Å². The molecule has 0 saturated heterocycles. The number of anilines is 1. The Morgan fingerprint density at radius 2 is 1.48 bits per heavy atom. The molecule has 4 bridgehead atoms. The molecule has 0 heterocycles. The number of hydrogen-bond donors (Lipinski definition) is 3. The zero-order chi connectivity index (χ0) is 23.0. The first-order chi connectivity index (χ1) is 15.9. The van der Waals surface area contributed by atoms with Crippen LogP contribution in [0.1, 0.15) is 67.4 Å². The second-order valence-electron chi connectivity index (χ2n) is 10.3. The number of carbonyl (C=O) groups is 2. The lowest BCUT2D eigenvalue weighted by Crippen LogP contribution is -2.55. The van der Waals surface area contributed by atoms with Crippen LogP contribution in [-0.4, -0.2) is 16.9 Å². The van der Waals surface area contributed by atoms with Crippen LogP contribution in [0, 0.1) is 23.2 Å². The number of benzene rings is 2. The third-order valence-corrected chi connectivity index (χ3v) is 8.02. The number of thiocarbonyl (C=S) groups is 1. The number of rotatable bonds is 5. The minimum absolute atomic E-state index is 0.0544. The summed E-state index contributed by atoms with van der Waals surface area (Å²) < 4.78 is 0. The lowest BCUT2D eigenvalue weighted by Gasteiger charge is -2.55. The van der Waals surface area contributed by atoms with Gasteiger partial charge in [-0.3, -0.25) is 9.59 Å². The molecule has 6 rings (SSSR count). The predicted molar refractivity (Wildman–Crippen MR) is 134 cm³/mol. The molecule has 2 aromatic rings. The van der Waals surface area contributed by atoms with Crippen molar-refractivity contribution < 1.29 is 9.59 Å². The molecule has 172 valence electrons. The molecule has 5 nitrogen and oxygen atoms in total. The Labute approximate surface area is 200 Å². The van der Waals surface area contributed by atoms with E-state index in [1.165, 1.54) is 19.3 Å². The fraction of sp³-hybridized carbons (Fsp3) is 0.444. The molecule has 4 aliphatic rings. The molecular weight excluding hydrogens is 430 g/mol. The van der Waals surface area contributed by atoms with Crippen LogP contribution in [0.4, 0.5) is 5.69 Å². The Morgan fingerprint density at radius 1 is 0.909 bits per heavy atom. The summed E-state index contributed by atoms with van der Waals surface area (Å²) in [6.07, 6.45) is 6.84. The molecule has 4 fully saturated rings. The van der Waals surface area contributed by atoms with Crippen LogP contribution < -0.4 is 16.0 Å². The highest BCUT2D eigenvalue weighted by Crippen LogP contribution is 2.60. The van der Waals surface area contributed by atoms with Crippen molar-refractivity contribution in [3.05, 3.63) is 65.7 Å². The number of hydrogen-bond acceptors (Lipinski definition) is 3. The molecule has 1 atom stereocenters. The summed E-state index contributed by atoms with van der Waals surface area (Å²) in [5.41, 5.74) is 1.86. The maximum atomic E-state index is 13.3. The predicted octanol–water partition coefficient (Wildman–Crippen LogP) is 5.21. The monoisotopic (exact) mass is 461 g/mol. The highest BCUT2D eigenvalue weighted by molar-refractivity contribution is 7.80. The number of para-hydroxylation sites is 1. The molecule has 0 spiro atoms. The number of amides is 2. The quantitative estimate of drug-likeness (QED) is 0.535. The summed E-state index contributed by atoms with van der Waals surface area (Å²) >= 11 is 5.50. The van der Waals surface area contributed by atoms with Gasteiger partial charge in [-0.05, 0) is 93.1 Å². The average molecular weight is 462 g/mol. The van der Waals surface area contributed by atoms with Gasteiger partial charge in [-0.15, -0.1) is 0 Å². The average Bonchev–Trinajstić information content (AvgIpc) is 2.79. The Hall–Kier alpha value is -2.73. The molecule has 2 aromatic carbocycles. The van der Waals surface area contributed by atoms with E-state index in [0.717, 1.165) is 24.8 Å². The normalized spacial score (nSPS) is 28.1. The van der Waals surface area contributed by atoms with Gasteiger partial charge in [0.05, 0.1) is 22.7 Å². The highest BCUT2D eigenvalue weighted by atomic mass is 32.1. The second kappa shape index (κ2) is 8.90. The number of nitrogens with one attached hydrogen (secondary N) is 3. The van der Waals surface area contributed by atoms with Crippen molar-refractivity contribution in [3.63, 3.8) is 0 Å². The van der Waals surface area contributed by atoms with E-state index < -0.39 is 0 Å². The molecule has 0 aliphatic heterocycles. The third-order valence-electron chi connectivity index (χ3n) is 7.81. The smallest absolute Gasteiger partial charge is 0.253 e. The van der Waals surface area contributed by atoms with Gasteiger partial charge in [0.15, 0.2) is 5.11 Å². The Balaban J connectivity index is 1.24. The van der Waals surface area contributed by atoms with Crippen molar-refractivity contribution in [2.24, 2.45) is 23.2 Å². The zero-order valence-corrected chi connectivity index (χ0v) is 19.8. The summed E-state index contributed by atoms with van der Waals surface area (Å²) in [4.78, 5) is 26.3. The molecule has 33 heavy (non-hydrogen) atoms. The molecule has 3 N–H and O–H groups in total. The summed E-state index contributed by atoms with van der Waals surface area (Å²) in [6, 6.07) is 17.0. The molecule has 0 aromatic heterocycles. The van der Waals surface area contributed by atoms with Crippen molar-refractivity contribution in [2.75, 3.05) is 5.32 Å². The van der Waals surface area contributed by atoms with E-state index in [-0.39, 0.29) is 28.4 Å². The van der Waals surface area contributed by atoms with E-state index in [1.54, 1.807) is 6.07 Å². The third kappa shape index (κ3) is 4.54. The topological polar surface area (TPSA) is 70.2 Å². The second-order valence-corrected chi connectivity index (χ2v) is 10.7. The van der Waals surface area contributed by atoms with Crippen molar-refractivity contribution in [3.8, 4) is 0 Å². The van der Waals surface area contributed by atoms with E-state index in [4.69, 9.17) is 12.2 Å². The van der Waals surface area contributed by atoms with Crippen molar-refractivity contribution in [1.82, 2.24) is 10.6 Å². The maximum Gasteiger partial charge on any atom is 0.253 e. The van der Waals surface area contributed by atoms with Gasteiger partial charge >= 0.3 is 0 Å². The lowest BCUT2D eigenvalue weighted by molar-refractivity contribution is -0.144. The van der Waals surface area contributed by atoms with Crippen LogP contribution in [0.2, 0.25) is 0 Å². The molecule has 2 amide bonds. The largest absolute Gasteiger partial charge is 0.345 e. The van der Waals surface area contributed by atoms with E-state index in [9.17, 15) is 9.59 Å². The van der Waals surface area contributed by atoms with Gasteiger partial charge in [0.2, 0.25) is 5.91 Å². The Bertz CT molecular complexity index is 1030. The molecule has 6 heteroatoms. The minimum atomic E-state index is -0.261. The van der Waals surface area contributed by atoms with Crippen molar-refractivity contribution >= 4 is 34.8 Å².